The van der Waals surface area contributed by atoms with Gasteiger partial charge < -0.3 is 5.32 Å². The second kappa shape index (κ2) is 7.75. The summed E-state index contributed by atoms with van der Waals surface area (Å²) in [6.07, 6.45) is 2.59. The summed E-state index contributed by atoms with van der Waals surface area (Å²) < 4.78 is 26.8. The number of hydrogen-bond acceptors (Lipinski definition) is 4. The summed E-state index contributed by atoms with van der Waals surface area (Å²) in [5, 5.41) is 9.95. The van der Waals surface area contributed by atoms with Crippen LogP contribution in [0.3, 0.4) is 0 Å². The third-order valence-electron chi connectivity index (χ3n) is 2.94. The smallest absolute Gasteiger partial charge is 0.260 e. The predicted molar refractivity (Wildman–Crippen MR) is 79.9 cm³/mol. The quantitative estimate of drug-likeness (QED) is 0.679. The van der Waals surface area contributed by atoms with Crippen molar-refractivity contribution in [3.63, 3.8) is 0 Å². The summed E-state index contributed by atoms with van der Waals surface area (Å²) >= 11 is 0. The highest BCUT2D eigenvalue weighted by atomic mass is 32.2. The second-order valence-corrected chi connectivity index (χ2v) is 7.13. The molecule has 0 radical (unpaired) electrons. The van der Waals surface area contributed by atoms with E-state index in [0.29, 0.717) is 25.2 Å². The Morgan fingerprint density at radius 1 is 1.40 bits per heavy atom. The minimum atomic E-state index is -3.50. The van der Waals surface area contributed by atoms with Gasteiger partial charge in [-0.2, -0.15) is 9.40 Å². The number of hydrogen-bond donors (Lipinski definition) is 2. The molecule has 0 bridgehead atoms. The van der Waals surface area contributed by atoms with E-state index in [1.165, 1.54) is 4.31 Å². The molecule has 116 valence electrons. The normalized spacial score (nSPS) is 12.5. The zero-order valence-electron chi connectivity index (χ0n) is 12.8. The zero-order chi connectivity index (χ0) is 15.2. The van der Waals surface area contributed by atoms with Crippen molar-refractivity contribution in [2.45, 2.75) is 45.7 Å². The first-order chi connectivity index (χ1) is 9.43. The molecule has 0 fully saturated rings. The van der Waals surface area contributed by atoms with Crippen LogP contribution in [0.25, 0.3) is 0 Å². The summed E-state index contributed by atoms with van der Waals surface area (Å²) in [6.45, 7) is 10.3. The summed E-state index contributed by atoms with van der Waals surface area (Å²) in [5.41, 5.74) is 0.695. The molecule has 2 N–H and O–H groups in total. The molecule has 1 aromatic heterocycles. The van der Waals surface area contributed by atoms with Gasteiger partial charge in [-0.05, 0) is 18.9 Å². The van der Waals surface area contributed by atoms with E-state index >= 15 is 0 Å². The molecular formula is C13H26N4O2S. The minimum Gasteiger partial charge on any atom is -0.313 e. The molecule has 0 aliphatic carbocycles. The molecule has 7 heteroatoms. The molecule has 0 spiro atoms. The molecule has 0 aromatic carbocycles. The van der Waals surface area contributed by atoms with Crippen LogP contribution in [0.5, 0.6) is 0 Å². The van der Waals surface area contributed by atoms with Crippen molar-refractivity contribution in [3.05, 3.63) is 11.8 Å². The standard InChI is InChI=1S/C13H26N4O2S/c1-5-7-14-8-12-9-15-16-13(12)20(18,19)17(6-2)10-11(3)4/h9,11,14H,5-8,10H2,1-4H3,(H,15,16). The number of nitrogens with zero attached hydrogens (tertiary/aromatic N) is 2. The van der Waals surface area contributed by atoms with Gasteiger partial charge in [0.1, 0.15) is 0 Å². The first-order valence-electron chi connectivity index (χ1n) is 7.16. The highest BCUT2D eigenvalue weighted by Crippen LogP contribution is 2.18. The fourth-order valence-corrected chi connectivity index (χ4v) is 3.70. The molecule has 0 amide bonds. The van der Waals surface area contributed by atoms with Crippen molar-refractivity contribution in [3.8, 4) is 0 Å². The molecule has 0 saturated carbocycles. The van der Waals surface area contributed by atoms with E-state index in [2.05, 4.69) is 22.4 Å². The van der Waals surface area contributed by atoms with Gasteiger partial charge in [0.05, 0.1) is 6.20 Å². The molecule has 0 atom stereocenters. The fourth-order valence-electron chi connectivity index (χ4n) is 1.98. The molecule has 0 aliphatic heterocycles. The number of nitrogens with one attached hydrogen (secondary N) is 2. The average molecular weight is 302 g/mol. The van der Waals surface area contributed by atoms with Gasteiger partial charge in [-0.15, -0.1) is 0 Å². The lowest BCUT2D eigenvalue weighted by Gasteiger charge is -2.22. The van der Waals surface area contributed by atoms with E-state index in [0.717, 1.165) is 13.0 Å². The maximum atomic E-state index is 12.6. The Labute approximate surface area is 122 Å². The topological polar surface area (TPSA) is 78.1 Å². The van der Waals surface area contributed by atoms with E-state index in [4.69, 9.17) is 0 Å². The number of sulfonamides is 1. The van der Waals surface area contributed by atoms with E-state index in [-0.39, 0.29) is 10.9 Å². The Hall–Kier alpha value is -0.920. The van der Waals surface area contributed by atoms with Crippen molar-refractivity contribution in [1.29, 1.82) is 0 Å². The summed E-state index contributed by atoms with van der Waals surface area (Å²) in [6, 6.07) is 0. The Kier molecular flexibility index (Phi) is 6.64. The molecular weight excluding hydrogens is 276 g/mol. The second-order valence-electron chi connectivity index (χ2n) is 5.25. The highest BCUT2D eigenvalue weighted by molar-refractivity contribution is 7.89. The molecule has 6 nitrogen and oxygen atoms in total. The molecule has 1 heterocycles. The van der Waals surface area contributed by atoms with Crippen LogP contribution in [0.4, 0.5) is 0 Å². The monoisotopic (exact) mass is 302 g/mol. The van der Waals surface area contributed by atoms with E-state index in [1.807, 2.05) is 20.8 Å². The van der Waals surface area contributed by atoms with Crippen molar-refractivity contribution in [2.24, 2.45) is 5.92 Å². The first kappa shape index (κ1) is 17.1. The predicted octanol–water partition coefficient (Wildman–Crippen LogP) is 1.58. The lowest BCUT2D eigenvalue weighted by atomic mass is 10.2. The number of H-pyrrole nitrogens is 1. The SMILES string of the molecule is CCCNCc1cn[nH]c1S(=O)(=O)N(CC)CC(C)C. The van der Waals surface area contributed by atoms with Crippen molar-refractivity contribution >= 4 is 10.0 Å². The largest absolute Gasteiger partial charge is 0.313 e. The van der Waals surface area contributed by atoms with Gasteiger partial charge in [-0.1, -0.05) is 27.7 Å². The molecule has 0 saturated heterocycles. The van der Waals surface area contributed by atoms with Gasteiger partial charge in [-0.3, -0.25) is 5.10 Å². The molecule has 1 aromatic rings. The van der Waals surface area contributed by atoms with Crippen LogP contribution in [0.15, 0.2) is 11.2 Å². The summed E-state index contributed by atoms with van der Waals surface area (Å²) in [4.78, 5) is 0. The van der Waals surface area contributed by atoms with Crippen LogP contribution in [-0.4, -0.2) is 42.6 Å². The lowest BCUT2D eigenvalue weighted by Crippen LogP contribution is -2.35. The van der Waals surface area contributed by atoms with Crippen LogP contribution in [0.2, 0.25) is 0 Å². The molecule has 0 unspecified atom stereocenters. The Bertz CT molecular complexity index is 496. The van der Waals surface area contributed by atoms with Crippen LogP contribution in [-0.2, 0) is 16.6 Å². The van der Waals surface area contributed by atoms with Gasteiger partial charge in [0.2, 0.25) is 0 Å². The van der Waals surface area contributed by atoms with E-state index in [9.17, 15) is 8.42 Å². The number of rotatable bonds is 9. The van der Waals surface area contributed by atoms with E-state index < -0.39 is 10.0 Å². The van der Waals surface area contributed by atoms with Gasteiger partial charge in [0.25, 0.3) is 10.0 Å². The number of aromatic amines is 1. The first-order valence-corrected chi connectivity index (χ1v) is 8.60. The number of aromatic nitrogens is 2. The summed E-state index contributed by atoms with van der Waals surface area (Å²) in [5.74, 6) is 0.286. The maximum absolute atomic E-state index is 12.6. The van der Waals surface area contributed by atoms with Gasteiger partial charge in [0, 0.05) is 25.2 Å². The van der Waals surface area contributed by atoms with Crippen LogP contribution < -0.4 is 5.32 Å². The van der Waals surface area contributed by atoms with E-state index in [1.54, 1.807) is 6.20 Å². The lowest BCUT2D eigenvalue weighted by molar-refractivity contribution is 0.379. The molecule has 20 heavy (non-hydrogen) atoms. The molecule has 0 aliphatic rings. The van der Waals surface area contributed by atoms with Crippen molar-refractivity contribution in [2.75, 3.05) is 19.6 Å². The van der Waals surface area contributed by atoms with Crippen LogP contribution in [0.1, 0.15) is 39.7 Å². The van der Waals surface area contributed by atoms with Gasteiger partial charge in [0.15, 0.2) is 5.03 Å². The maximum Gasteiger partial charge on any atom is 0.260 e. The van der Waals surface area contributed by atoms with Gasteiger partial charge >= 0.3 is 0 Å². The Balaban J connectivity index is 2.94. The third kappa shape index (κ3) is 4.29. The fraction of sp³-hybridized carbons (Fsp3) is 0.769. The highest BCUT2D eigenvalue weighted by Gasteiger charge is 2.27. The van der Waals surface area contributed by atoms with Crippen LogP contribution in [0, 0.1) is 5.92 Å². The third-order valence-corrected chi connectivity index (χ3v) is 4.90. The minimum absolute atomic E-state index is 0.212. The Morgan fingerprint density at radius 3 is 2.65 bits per heavy atom. The Morgan fingerprint density at radius 2 is 2.10 bits per heavy atom. The van der Waals surface area contributed by atoms with Crippen molar-refractivity contribution in [1.82, 2.24) is 19.8 Å². The van der Waals surface area contributed by atoms with Gasteiger partial charge in [-0.25, -0.2) is 8.42 Å². The van der Waals surface area contributed by atoms with Crippen LogP contribution >= 0.6 is 0 Å². The summed E-state index contributed by atoms with van der Waals surface area (Å²) in [7, 11) is -3.50. The van der Waals surface area contributed by atoms with Crippen molar-refractivity contribution < 1.29 is 8.42 Å². The zero-order valence-corrected chi connectivity index (χ0v) is 13.6. The average Bonchev–Trinajstić information content (AvgIpc) is 2.85. The molecule has 1 rings (SSSR count).